The fourth-order valence-electron chi connectivity index (χ4n) is 3.01. The molecule has 1 heterocycles. The molecule has 0 atom stereocenters. The number of amides is 1. The molecule has 4 rings (SSSR count). The van der Waals surface area contributed by atoms with E-state index in [9.17, 15) is 4.39 Å². The fourth-order valence-corrected chi connectivity index (χ4v) is 3.19. The van der Waals surface area contributed by atoms with Crippen LogP contribution in [0.3, 0.4) is 0 Å². The number of nitrogens with zero attached hydrogens (tertiary/aromatic N) is 2. The second-order valence-corrected chi connectivity index (χ2v) is 7.18. The first-order chi connectivity index (χ1) is 17.0. The molecule has 36 heavy (non-hydrogen) atoms. The Morgan fingerprint density at radius 3 is 2.53 bits per heavy atom. The maximum absolute atomic E-state index is 13.5. The van der Waals surface area contributed by atoms with Crippen LogP contribution in [0.4, 0.5) is 21.6 Å². The molecular formula is C24H21ClFN5O4Y-2. The molecule has 0 bridgehead atoms. The van der Waals surface area contributed by atoms with Crippen LogP contribution >= 0.6 is 11.6 Å². The largest absolute Gasteiger partial charge is 0.518 e. The molecule has 0 fully saturated rings. The first-order valence-electron chi connectivity index (χ1n) is 10.2. The standard InChI is InChI=1S/C23H19ClFN4O2.CH2NO2.Y/c1-30-21-13-20-17(12-22(21)31-10-9-26-15-5-3-2-4-6-15)23(28-14-27-20)29-16-7-8-19(25)18(24)11-16;3-1-2-4;/h3-8,11-14,26H,9-10H2,1H3,(H,27,28,29);4H,(H,2,3);/q2*-1;. The molecular weight excluding hydrogens is 566 g/mol. The number of carbonyl (C=O) groups excluding carboxylic acids is 1. The number of fused-ring (bicyclic) bond motifs is 1. The number of rotatable bonds is 9. The number of halogens is 2. The number of benzene rings is 3. The van der Waals surface area contributed by atoms with Gasteiger partial charge in [0.25, 0.3) is 0 Å². The van der Waals surface area contributed by atoms with Crippen molar-refractivity contribution in [2.75, 3.05) is 30.9 Å². The zero-order valence-electron chi connectivity index (χ0n) is 19.1. The molecule has 1 radical (unpaired) electrons. The van der Waals surface area contributed by atoms with Crippen molar-refractivity contribution in [1.29, 1.82) is 0 Å². The van der Waals surface area contributed by atoms with Crippen molar-refractivity contribution < 1.29 is 56.6 Å². The molecule has 4 aromatic rings. The topological polar surface area (TPSA) is 118 Å². The Labute approximate surface area is 237 Å². The van der Waals surface area contributed by atoms with Crippen LogP contribution in [0.25, 0.3) is 10.9 Å². The Hall–Kier alpha value is -3.05. The fraction of sp³-hybridized carbons (Fsp3) is 0.125. The summed E-state index contributed by atoms with van der Waals surface area (Å²) in [4.78, 5) is 17.3. The quantitative estimate of drug-likeness (QED) is 0.0745. The van der Waals surface area contributed by atoms with Gasteiger partial charge < -0.3 is 35.6 Å². The molecule has 185 valence electrons. The minimum Gasteiger partial charge on any atom is -0.518 e. The Balaban J connectivity index is 0.000000850. The van der Waals surface area contributed by atoms with Crippen LogP contribution in [0.1, 0.15) is 0 Å². The number of aromatic nitrogens is 2. The Kier molecular flexibility index (Phi) is 12.3. The molecule has 0 aliphatic carbocycles. The predicted molar refractivity (Wildman–Crippen MR) is 131 cm³/mol. The Morgan fingerprint density at radius 2 is 1.86 bits per heavy atom. The van der Waals surface area contributed by atoms with Gasteiger partial charge in [0.15, 0.2) is 11.5 Å². The second kappa shape index (κ2) is 15.2. The summed E-state index contributed by atoms with van der Waals surface area (Å²) in [6, 6.07) is 18.5. The predicted octanol–water partition coefficient (Wildman–Crippen LogP) is 4.50. The minimum atomic E-state index is -0.484. The van der Waals surface area contributed by atoms with Crippen LogP contribution < -0.4 is 25.6 Å². The van der Waals surface area contributed by atoms with Crippen LogP contribution in [-0.4, -0.2) is 41.8 Å². The molecule has 0 aliphatic heterocycles. The molecule has 0 unspecified atom stereocenters. The molecule has 1 amide bonds. The van der Waals surface area contributed by atoms with Gasteiger partial charge in [-0.3, -0.25) is 0 Å². The van der Waals surface area contributed by atoms with E-state index in [-0.39, 0.29) is 37.7 Å². The van der Waals surface area contributed by atoms with Crippen molar-refractivity contribution in [3.8, 4) is 11.5 Å². The normalized spacial score (nSPS) is 9.78. The summed E-state index contributed by atoms with van der Waals surface area (Å²) in [6.45, 7) is 1.03. The first kappa shape index (κ1) is 29.2. The van der Waals surface area contributed by atoms with E-state index in [1.54, 1.807) is 19.2 Å². The van der Waals surface area contributed by atoms with Crippen molar-refractivity contribution >= 4 is 46.1 Å². The second-order valence-electron chi connectivity index (χ2n) is 6.77. The van der Waals surface area contributed by atoms with Gasteiger partial charge in [-0.25, -0.2) is 14.4 Å². The molecule has 9 nitrogen and oxygen atoms in total. The van der Waals surface area contributed by atoms with Crippen molar-refractivity contribution in [2.24, 2.45) is 0 Å². The van der Waals surface area contributed by atoms with Crippen LogP contribution in [0, 0.1) is 11.9 Å². The molecule has 0 saturated carbocycles. The van der Waals surface area contributed by atoms with E-state index in [0.29, 0.717) is 41.7 Å². The maximum atomic E-state index is 13.5. The van der Waals surface area contributed by atoms with E-state index in [1.807, 2.05) is 30.3 Å². The molecule has 0 saturated heterocycles. The molecule has 3 aromatic carbocycles. The van der Waals surface area contributed by atoms with Crippen LogP contribution in [0.5, 0.6) is 11.5 Å². The number of ether oxygens (including phenoxy) is 2. The van der Waals surface area contributed by atoms with Gasteiger partial charge in [-0.15, -0.1) is 18.5 Å². The maximum Gasteiger partial charge on any atom is 0.162 e. The van der Waals surface area contributed by atoms with Gasteiger partial charge >= 0.3 is 0 Å². The third-order valence-electron chi connectivity index (χ3n) is 4.56. The zero-order valence-corrected chi connectivity index (χ0v) is 22.7. The number of hydrogen-bond acceptors (Lipinski definition) is 8. The molecule has 0 aliphatic rings. The SMILES string of the molecule is COc1cc2ncnc(Nc3ccc(F)c(Cl)c3)c2cc1OCCNc1cc[c-]cc1.O=[C-]NO.[Y]. The molecule has 12 heteroatoms. The molecule has 1 aromatic heterocycles. The van der Waals surface area contributed by atoms with Gasteiger partial charge in [-0.2, -0.15) is 18.2 Å². The first-order valence-corrected chi connectivity index (χ1v) is 10.6. The summed E-state index contributed by atoms with van der Waals surface area (Å²) in [6.07, 6.45) is 2.43. The van der Waals surface area contributed by atoms with Crippen LogP contribution in [-0.2, 0) is 37.5 Å². The average molecular weight is 587 g/mol. The van der Waals surface area contributed by atoms with Gasteiger partial charge in [-0.05, 0) is 24.3 Å². The average Bonchev–Trinajstić information content (AvgIpc) is 2.89. The van der Waals surface area contributed by atoms with Gasteiger partial charge in [0.2, 0.25) is 0 Å². The summed E-state index contributed by atoms with van der Waals surface area (Å²) < 4.78 is 24.9. The number of nitrogens with one attached hydrogen (secondary N) is 3. The summed E-state index contributed by atoms with van der Waals surface area (Å²) in [5, 5.41) is 14.4. The van der Waals surface area contributed by atoms with Crippen molar-refractivity contribution in [3.63, 3.8) is 0 Å². The zero-order chi connectivity index (χ0) is 25.0. The van der Waals surface area contributed by atoms with Crippen molar-refractivity contribution in [2.45, 2.75) is 0 Å². The van der Waals surface area contributed by atoms with E-state index in [0.717, 1.165) is 23.0 Å². The third-order valence-corrected chi connectivity index (χ3v) is 4.85. The third kappa shape index (κ3) is 8.27. The van der Waals surface area contributed by atoms with Crippen LogP contribution in [0.2, 0.25) is 5.02 Å². The van der Waals surface area contributed by atoms with Gasteiger partial charge in [0, 0.05) is 56.4 Å². The monoisotopic (exact) mass is 586 g/mol. The summed E-state index contributed by atoms with van der Waals surface area (Å²) >= 11 is 5.89. The number of hydroxylamine groups is 1. The van der Waals surface area contributed by atoms with E-state index < -0.39 is 5.82 Å². The number of methoxy groups -OCH3 is 1. The van der Waals surface area contributed by atoms with E-state index in [4.69, 9.17) is 31.1 Å². The van der Waals surface area contributed by atoms with Gasteiger partial charge in [0.1, 0.15) is 24.6 Å². The summed E-state index contributed by atoms with van der Waals surface area (Å²) in [5.41, 5.74) is 3.40. The summed E-state index contributed by atoms with van der Waals surface area (Å²) in [7, 11) is 1.58. The van der Waals surface area contributed by atoms with Gasteiger partial charge in [-0.1, -0.05) is 17.3 Å². The number of anilines is 3. The number of hydrogen-bond donors (Lipinski definition) is 4. The Morgan fingerprint density at radius 1 is 1.11 bits per heavy atom. The van der Waals surface area contributed by atoms with Crippen molar-refractivity contribution in [1.82, 2.24) is 15.4 Å². The summed E-state index contributed by atoms with van der Waals surface area (Å²) in [5.74, 6) is 1.19. The van der Waals surface area contributed by atoms with E-state index >= 15 is 0 Å². The molecule has 0 spiro atoms. The Bertz CT molecular complexity index is 1270. The van der Waals surface area contributed by atoms with Gasteiger partial charge in [0.05, 0.1) is 17.6 Å². The van der Waals surface area contributed by atoms with Crippen molar-refractivity contribution in [3.05, 3.63) is 77.8 Å². The van der Waals surface area contributed by atoms with Crippen LogP contribution in [0.15, 0.2) is 60.9 Å². The van der Waals surface area contributed by atoms with E-state index in [1.165, 1.54) is 18.5 Å². The molecule has 4 N–H and O–H groups in total. The minimum absolute atomic E-state index is 0. The van der Waals surface area contributed by atoms with E-state index in [2.05, 4.69) is 26.7 Å². The smallest absolute Gasteiger partial charge is 0.162 e.